The van der Waals surface area contributed by atoms with Crippen molar-refractivity contribution in [1.82, 2.24) is 4.90 Å². The molecule has 0 saturated carbocycles. The van der Waals surface area contributed by atoms with E-state index in [-0.39, 0.29) is 0 Å². The van der Waals surface area contributed by atoms with E-state index in [1.54, 1.807) is 23.9 Å². The number of thioether (sulfide) groups is 1. The average molecular weight is 379 g/mol. The summed E-state index contributed by atoms with van der Waals surface area (Å²) in [4.78, 5) is 7.67. The third kappa shape index (κ3) is 2.36. The van der Waals surface area contributed by atoms with Gasteiger partial charge >= 0.3 is 0 Å². The number of nitrogens with zero attached hydrogens (tertiary/aromatic N) is 2. The van der Waals surface area contributed by atoms with Crippen molar-refractivity contribution in [2.45, 2.75) is 17.0 Å². The van der Waals surface area contributed by atoms with Crippen molar-refractivity contribution in [2.24, 2.45) is 4.99 Å². The second-order valence-corrected chi connectivity index (χ2v) is 7.67. The molecule has 1 N–H and O–H groups in total. The number of hydrogen-bond acceptors (Lipinski definition) is 4. The fraction of sp³-hybridized carbons (Fsp3) is 0.278. The van der Waals surface area contributed by atoms with Gasteiger partial charge in [0, 0.05) is 34.0 Å². The molecule has 1 unspecified atom stereocenters. The number of fused-ring (bicyclic) bond motifs is 3. The van der Waals surface area contributed by atoms with E-state index in [1.807, 2.05) is 23.3 Å². The Balaban J connectivity index is 1.82. The summed E-state index contributed by atoms with van der Waals surface area (Å²) in [6.45, 7) is 1.32. The fourth-order valence-corrected chi connectivity index (χ4v) is 4.49. The molecule has 0 aromatic heterocycles. The third-order valence-electron chi connectivity index (χ3n) is 4.62. The fourth-order valence-electron chi connectivity index (χ4n) is 3.53. The van der Waals surface area contributed by atoms with Crippen LogP contribution in [0, 0.1) is 0 Å². The van der Waals surface area contributed by atoms with Gasteiger partial charge in [0.25, 0.3) is 0 Å². The molecule has 24 heavy (non-hydrogen) atoms. The SMILES string of the molecule is CSc1ccc(CC2(O)c3c(Cl)ccc(Cl)c3C3=NCCN32)cc1. The van der Waals surface area contributed by atoms with Gasteiger partial charge in [0.05, 0.1) is 11.6 Å². The Morgan fingerprint density at radius 2 is 1.88 bits per heavy atom. The quantitative estimate of drug-likeness (QED) is 0.813. The maximum absolute atomic E-state index is 11.6. The van der Waals surface area contributed by atoms with Gasteiger partial charge in [0.15, 0.2) is 5.72 Å². The van der Waals surface area contributed by atoms with E-state index >= 15 is 0 Å². The number of hydrogen-bond donors (Lipinski definition) is 1. The Bertz CT molecular complexity index is 838. The Morgan fingerprint density at radius 3 is 2.58 bits per heavy atom. The number of aliphatic hydroxyl groups is 1. The zero-order valence-corrected chi connectivity index (χ0v) is 15.4. The van der Waals surface area contributed by atoms with Crippen LogP contribution < -0.4 is 0 Å². The summed E-state index contributed by atoms with van der Waals surface area (Å²) in [7, 11) is 0. The molecule has 0 radical (unpaired) electrons. The molecule has 0 amide bonds. The molecular weight excluding hydrogens is 363 g/mol. The predicted molar refractivity (Wildman–Crippen MR) is 100 cm³/mol. The molecule has 4 rings (SSSR count). The first-order valence-corrected chi connectivity index (χ1v) is 9.69. The summed E-state index contributed by atoms with van der Waals surface area (Å²) < 4.78 is 0. The van der Waals surface area contributed by atoms with Gasteiger partial charge in [-0.1, -0.05) is 35.3 Å². The van der Waals surface area contributed by atoms with Crippen LogP contribution in [-0.2, 0) is 12.1 Å². The van der Waals surface area contributed by atoms with Crippen LogP contribution in [0.25, 0.3) is 0 Å². The first kappa shape index (κ1) is 16.3. The summed E-state index contributed by atoms with van der Waals surface area (Å²) in [5, 5.41) is 12.7. The monoisotopic (exact) mass is 378 g/mol. The highest BCUT2D eigenvalue weighted by Gasteiger charge is 2.50. The molecule has 2 aromatic rings. The molecule has 2 heterocycles. The molecule has 6 heteroatoms. The second-order valence-electron chi connectivity index (χ2n) is 5.98. The van der Waals surface area contributed by atoms with Crippen LogP contribution in [0.4, 0.5) is 0 Å². The molecule has 2 aromatic carbocycles. The van der Waals surface area contributed by atoms with Crippen molar-refractivity contribution >= 4 is 40.8 Å². The van der Waals surface area contributed by atoms with Gasteiger partial charge in [0.1, 0.15) is 5.84 Å². The Kier molecular flexibility index (Phi) is 4.04. The van der Waals surface area contributed by atoms with E-state index < -0.39 is 5.72 Å². The molecule has 0 bridgehead atoms. The molecule has 2 aliphatic rings. The van der Waals surface area contributed by atoms with Crippen LogP contribution in [0.1, 0.15) is 16.7 Å². The van der Waals surface area contributed by atoms with Crippen molar-refractivity contribution in [3.63, 3.8) is 0 Å². The van der Waals surface area contributed by atoms with E-state index in [9.17, 15) is 5.11 Å². The average Bonchev–Trinajstić information content (AvgIpc) is 3.14. The van der Waals surface area contributed by atoms with Gasteiger partial charge in [-0.25, -0.2) is 0 Å². The normalized spacial score (nSPS) is 21.7. The number of amidine groups is 1. The van der Waals surface area contributed by atoms with Gasteiger partial charge in [-0.15, -0.1) is 11.8 Å². The summed E-state index contributed by atoms with van der Waals surface area (Å²) in [5.41, 5.74) is 1.27. The van der Waals surface area contributed by atoms with E-state index in [2.05, 4.69) is 17.1 Å². The van der Waals surface area contributed by atoms with E-state index in [0.717, 1.165) is 17.0 Å². The number of rotatable bonds is 3. The zero-order chi connectivity index (χ0) is 16.9. The lowest BCUT2D eigenvalue weighted by Gasteiger charge is -2.34. The van der Waals surface area contributed by atoms with Crippen molar-refractivity contribution in [3.8, 4) is 0 Å². The molecule has 0 saturated heterocycles. The minimum Gasteiger partial charge on any atom is -0.366 e. The van der Waals surface area contributed by atoms with Crippen LogP contribution in [0.15, 0.2) is 46.3 Å². The highest BCUT2D eigenvalue weighted by atomic mass is 35.5. The Hall–Kier alpha value is -1.20. The minimum atomic E-state index is -1.21. The van der Waals surface area contributed by atoms with E-state index in [4.69, 9.17) is 23.2 Å². The highest BCUT2D eigenvalue weighted by Crippen LogP contribution is 2.47. The molecule has 124 valence electrons. The first-order chi connectivity index (χ1) is 11.5. The van der Waals surface area contributed by atoms with E-state index in [0.29, 0.717) is 35.1 Å². The van der Waals surface area contributed by atoms with Gasteiger partial charge in [-0.2, -0.15) is 0 Å². The lowest BCUT2D eigenvalue weighted by Crippen LogP contribution is -2.44. The standard InChI is InChI=1S/C18H16Cl2N2OS/c1-24-12-4-2-11(3-5-12)10-18(23)16-14(20)7-6-13(19)15(16)17-21-8-9-22(17)18/h2-7,23H,8-10H2,1H3. The summed E-state index contributed by atoms with van der Waals surface area (Å²) in [6.07, 6.45) is 2.48. The molecular formula is C18H16Cl2N2OS. The van der Waals surface area contributed by atoms with Crippen LogP contribution >= 0.6 is 35.0 Å². The number of aliphatic imine (C=N–C) groups is 1. The predicted octanol–water partition coefficient (Wildman–Crippen LogP) is 4.18. The molecule has 0 spiro atoms. The molecule has 1 atom stereocenters. The van der Waals surface area contributed by atoms with Crippen molar-refractivity contribution in [1.29, 1.82) is 0 Å². The van der Waals surface area contributed by atoms with Crippen molar-refractivity contribution in [2.75, 3.05) is 19.3 Å². The van der Waals surface area contributed by atoms with Crippen LogP contribution in [-0.4, -0.2) is 35.2 Å². The van der Waals surface area contributed by atoms with Crippen molar-refractivity contribution in [3.05, 3.63) is 63.1 Å². The molecule has 0 aliphatic carbocycles. The van der Waals surface area contributed by atoms with Crippen LogP contribution in [0.3, 0.4) is 0 Å². The van der Waals surface area contributed by atoms with Gasteiger partial charge in [-0.3, -0.25) is 4.99 Å². The van der Waals surface area contributed by atoms with E-state index in [1.165, 1.54) is 4.90 Å². The number of benzene rings is 2. The number of halogens is 2. The Morgan fingerprint density at radius 1 is 1.17 bits per heavy atom. The third-order valence-corrected chi connectivity index (χ3v) is 6.00. The van der Waals surface area contributed by atoms with Crippen molar-refractivity contribution < 1.29 is 5.11 Å². The summed E-state index contributed by atoms with van der Waals surface area (Å²) in [5.74, 6) is 0.751. The highest BCUT2D eigenvalue weighted by molar-refractivity contribution is 7.98. The first-order valence-electron chi connectivity index (χ1n) is 7.71. The van der Waals surface area contributed by atoms with Crippen LogP contribution in [0.2, 0.25) is 10.0 Å². The maximum Gasteiger partial charge on any atom is 0.171 e. The Labute approximate surface area is 155 Å². The largest absolute Gasteiger partial charge is 0.366 e. The molecule has 2 aliphatic heterocycles. The van der Waals surface area contributed by atoms with Crippen LogP contribution in [0.5, 0.6) is 0 Å². The lowest BCUT2D eigenvalue weighted by molar-refractivity contribution is -0.0636. The lowest BCUT2D eigenvalue weighted by atomic mass is 9.94. The minimum absolute atomic E-state index is 0.438. The van der Waals surface area contributed by atoms with Gasteiger partial charge < -0.3 is 10.0 Å². The smallest absolute Gasteiger partial charge is 0.171 e. The summed E-state index contributed by atoms with van der Waals surface area (Å²) >= 11 is 14.5. The maximum atomic E-state index is 11.6. The zero-order valence-electron chi connectivity index (χ0n) is 13.1. The van der Waals surface area contributed by atoms with Gasteiger partial charge in [-0.05, 0) is 36.1 Å². The second kappa shape index (κ2) is 5.95. The molecule has 0 fully saturated rings. The molecule has 3 nitrogen and oxygen atoms in total. The summed E-state index contributed by atoms with van der Waals surface area (Å²) in [6, 6.07) is 11.7. The van der Waals surface area contributed by atoms with Gasteiger partial charge in [0.2, 0.25) is 0 Å². The topological polar surface area (TPSA) is 35.8 Å².